The highest BCUT2D eigenvalue weighted by Gasteiger charge is 2.31. The molecule has 2 N–H and O–H groups in total. The number of nitrogens with zero attached hydrogens (tertiary/aromatic N) is 4. The van der Waals surface area contributed by atoms with Crippen molar-refractivity contribution in [2.45, 2.75) is 70.6 Å². The van der Waals surface area contributed by atoms with E-state index in [4.69, 9.17) is 4.52 Å². The van der Waals surface area contributed by atoms with Crippen molar-refractivity contribution >= 4 is 5.82 Å². The Morgan fingerprint density at radius 2 is 2.00 bits per heavy atom. The summed E-state index contributed by atoms with van der Waals surface area (Å²) in [5.74, 6) is 1.89. The average Bonchev–Trinajstić information content (AvgIpc) is 3.10. The first kappa shape index (κ1) is 18.4. The van der Waals surface area contributed by atoms with E-state index in [-0.39, 0.29) is 6.04 Å². The molecule has 3 heterocycles. The van der Waals surface area contributed by atoms with Gasteiger partial charge in [-0.3, -0.25) is 0 Å². The molecule has 2 aromatic rings. The molecule has 0 aromatic carbocycles. The zero-order valence-electron chi connectivity index (χ0n) is 16.2. The number of pyridine rings is 1. The summed E-state index contributed by atoms with van der Waals surface area (Å²) in [4.78, 5) is 11.1. The van der Waals surface area contributed by atoms with E-state index in [0.717, 1.165) is 29.9 Å². The maximum atomic E-state index is 10.8. The highest BCUT2D eigenvalue weighted by molar-refractivity contribution is 5.70. The van der Waals surface area contributed by atoms with E-state index >= 15 is 0 Å². The van der Waals surface area contributed by atoms with Crippen molar-refractivity contribution in [1.29, 1.82) is 0 Å². The number of nitrogens with one attached hydrogen (secondary N) is 1. The lowest BCUT2D eigenvalue weighted by atomic mass is 9.92. The fourth-order valence-corrected chi connectivity index (χ4v) is 4.27. The topological polar surface area (TPSA) is 87.3 Å². The Kier molecular flexibility index (Phi) is 5.41. The van der Waals surface area contributed by atoms with E-state index < -0.39 is 6.10 Å². The first-order valence-electron chi connectivity index (χ1n) is 10.1. The van der Waals surface area contributed by atoms with Gasteiger partial charge in [0.2, 0.25) is 0 Å². The van der Waals surface area contributed by atoms with Gasteiger partial charge in [-0.2, -0.15) is 4.98 Å². The molecule has 1 saturated carbocycles. The van der Waals surface area contributed by atoms with Gasteiger partial charge in [-0.25, -0.2) is 4.98 Å². The maximum absolute atomic E-state index is 10.8. The summed E-state index contributed by atoms with van der Waals surface area (Å²) in [5, 5.41) is 18.4. The van der Waals surface area contributed by atoms with Crippen LogP contribution < -0.4 is 10.2 Å². The van der Waals surface area contributed by atoms with E-state index in [1.165, 1.54) is 32.1 Å². The number of hydrogen-bond acceptors (Lipinski definition) is 7. The van der Waals surface area contributed by atoms with Gasteiger partial charge in [0.1, 0.15) is 5.82 Å². The molecule has 2 fully saturated rings. The Balaban J connectivity index is 1.49. The van der Waals surface area contributed by atoms with Gasteiger partial charge < -0.3 is 19.8 Å². The largest absolute Gasteiger partial charge is 0.390 e. The molecule has 7 nitrogen and oxygen atoms in total. The van der Waals surface area contributed by atoms with Gasteiger partial charge in [-0.15, -0.1) is 0 Å². The van der Waals surface area contributed by atoms with Crippen molar-refractivity contribution in [1.82, 2.24) is 20.4 Å². The molecule has 0 bridgehead atoms. The predicted molar refractivity (Wildman–Crippen MR) is 104 cm³/mol. The molecule has 2 aliphatic rings. The van der Waals surface area contributed by atoms with Gasteiger partial charge in [0.15, 0.2) is 5.82 Å². The minimum absolute atomic E-state index is 0.156. The third-order valence-corrected chi connectivity index (χ3v) is 5.70. The minimum Gasteiger partial charge on any atom is -0.390 e. The fraction of sp³-hybridized carbons (Fsp3) is 0.650. The Morgan fingerprint density at radius 3 is 2.70 bits per heavy atom. The van der Waals surface area contributed by atoms with Crippen LogP contribution in [0.1, 0.15) is 49.9 Å². The van der Waals surface area contributed by atoms with E-state index in [0.29, 0.717) is 24.3 Å². The first-order chi connectivity index (χ1) is 13.1. The fourth-order valence-electron chi connectivity index (χ4n) is 4.27. The summed E-state index contributed by atoms with van der Waals surface area (Å²) >= 11 is 0. The zero-order valence-corrected chi connectivity index (χ0v) is 16.2. The van der Waals surface area contributed by atoms with Gasteiger partial charge in [-0.05, 0) is 44.7 Å². The van der Waals surface area contributed by atoms with Crippen LogP contribution in [-0.2, 0) is 0 Å². The number of hydrogen-bond donors (Lipinski definition) is 2. The number of aromatic nitrogens is 3. The quantitative estimate of drug-likeness (QED) is 0.854. The molecule has 0 spiro atoms. The lowest BCUT2D eigenvalue weighted by Gasteiger charge is -2.39. The molecule has 0 amide bonds. The summed E-state index contributed by atoms with van der Waals surface area (Å²) in [6, 6.07) is 2.73. The van der Waals surface area contributed by atoms with E-state index in [9.17, 15) is 5.11 Å². The smallest absolute Gasteiger partial charge is 0.261 e. The second-order valence-electron chi connectivity index (χ2n) is 7.94. The van der Waals surface area contributed by atoms with E-state index in [1.807, 2.05) is 26.1 Å². The Hall–Kier alpha value is -1.99. The normalized spacial score (nSPS) is 24.3. The molecule has 1 aliphatic heterocycles. The molecule has 1 saturated heterocycles. The van der Waals surface area contributed by atoms with Gasteiger partial charge in [-0.1, -0.05) is 24.4 Å². The molecule has 1 unspecified atom stereocenters. The predicted octanol–water partition coefficient (Wildman–Crippen LogP) is 2.61. The van der Waals surface area contributed by atoms with Crippen LogP contribution in [0.25, 0.3) is 11.5 Å². The van der Waals surface area contributed by atoms with Crippen molar-refractivity contribution in [2.24, 2.45) is 0 Å². The molecule has 0 radical (unpaired) electrons. The van der Waals surface area contributed by atoms with Crippen LogP contribution in [0.15, 0.2) is 16.8 Å². The highest BCUT2D eigenvalue weighted by atomic mass is 16.5. The van der Waals surface area contributed by atoms with Gasteiger partial charge in [0, 0.05) is 31.4 Å². The van der Waals surface area contributed by atoms with Crippen molar-refractivity contribution < 1.29 is 9.63 Å². The molecule has 1 aliphatic carbocycles. The van der Waals surface area contributed by atoms with Crippen LogP contribution >= 0.6 is 0 Å². The van der Waals surface area contributed by atoms with Crippen LogP contribution in [0.2, 0.25) is 0 Å². The Morgan fingerprint density at radius 1 is 1.19 bits per heavy atom. The molecule has 27 heavy (non-hydrogen) atoms. The maximum Gasteiger partial charge on any atom is 0.261 e. The van der Waals surface area contributed by atoms with Gasteiger partial charge in [0.05, 0.1) is 11.7 Å². The number of rotatable bonds is 4. The van der Waals surface area contributed by atoms with Crippen molar-refractivity contribution in [3.63, 3.8) is 0 Å². The van der Waals surface area contributed by atoms with E-state index in [1.54, 1.807) is 0 Å². The SMILES string of the molecule is Cc1cnc(N2CCC(NC3CCCCC3)[C@H](O)C2)c(-c2nc(C)no2)c1. The van der Waals surface area contributed by atoms with Crippen LogP contribution in [0.5, 0.6) is 0 Å². The lowest BCUT2D eigenvalue weighted by molar-refractivity contribution is 0.103. The molecule has 146 valence electrons. The van der Waals surface area contributed by atoms with Crippen LogP contribution in [-0.4, -0.2) is 51.5 Å². The average molecular weight is 371 g/mol. The first-order valence-corrected chi connectivity index (χ1v) is 10.1. The summed E-state index contributed by atoms with van der Waals surface area (Å²) in [7, 11) is 0. The zero-order chi connectivity index (χ0) is 18.8. The van der Waals surface area contributed by atoms with Crippen LogP contribution in [0.4, 0.5) is 5.82 Å². The van der Waals surface area contributed by atoms with E-state index in [2.05, 4.69) is 25.3 Å². The summed E-state index contributed by atoms with van der Waals surface area (Å²) < 4.78 is 5.38. The number of piperidine rings is 1. The Bertz CT molecular complexity index is 771. The number of aryl methyl sites for hydroxylation is 2. The third kappa shape index (κ3) is 4.14. The second-order valence-corrected chi connectivity index (χ2v) is 7.94. The molecule has 7 heteroatoms. The summed E-state index contributed by atoms with van der Waals surface area (Å²) in [5.41, 5.74) is 1.88. The van der Waals surface area contributed by atoms with Gasteiger partial charge >= 0.3 is 0 Å². The van der Waals surface area contributed by atoms with Crippen LogP contribution in [0, 0.1) is 13.8 Å². The number of anilines is 1. The highest BCUT2D eigenvalue weighted by Crippen LogP contribution is 2.31. The lowest BCUT2D eigenvalue weighted by Crippen LogP contribution is -2.55. The van der Waals surface area contributed by atoms with Gasteiger partial charge in [0.25, 0.3) is 5.89 Å². The van der Waals surface area contributed by atoms with Crippen molar-refractivity contribution in [3.05, 3.63) is 23.7 Å². The van der Waals surface area contributed by atoms with Crippen LogP contribution in [0.3, 0.4) is 0 Å². The van der Waals surface area contributed by atoms with Crippen molar-refractivity contribution in [3.8, 4) is 11.5 Å². The second kappa shape index (κ2) is 7.94. The molecular formula is C20H29N5O2. The molecule has 4 rings (SSSR count). The summed E-state index contributed by atoms with van der Waals surface area (Å²) in [6.45, 7) is 5.21. The number of aliphatic hydroxyl groups excluding tert-OH is 1. The monoisotopic (exact) mass is 371 g/mol. The Labute approximate surface area is 160 Å². The minimum atomic E-state index is -0.416. The standard InChI is InChI=1S/C20H29N5O2/c1-13-10-16(20-22-14(2)24-27-20)19(21-11-13)25-9-8-17(18(26)12-25)23-15-6-4-3-5-7-15/h10-11,15,17-18,23,26H,3-9,12H2,1-2H3/t17?,18-/m1/s1. The number of β-amino-alcohol motifs (C(OH)–C–C–N with tert-alkyl or cyclic N) is 1. The molecule has 2 aromatic heterocycles. The third-order valence-electron chi connectivity index (χ3n) is 5.70. The molecular weight excluding hydrogens is 342 g/mol. The van der Waals surface area contributed by atoms with Crippen molar-refractivity contribution in [2.75, 3.05) is 18.0 Å². The molecule has 2 atom stereocenters. The summed E-state index contributed by atoms with van der Waals surface area (Å²) in [6.07, 6.45) is 8.73. The number of aliphatic hydroxyl groups is 1.